The van der Waals surface area contributed by atoms with E-state index in [2.05, 4.69) is 99.7 Å². The van der Waals surface area contributed by atoms with Gasteiger partial charge in [0.15, 0.2) is 0 Å². The van der Waals surface area contributed by atoms with Gasteiger partial charge < -0.3 is 166 Å². The summed E-state index contributed by atoms with van der Waals surface area (Å²) < 4.78 is 0. The van der Waals surface area contributed by atoms with Crippen LogP contribution in [0.25, 0.3) is 0 Å². The third-order valence-corrected chi connectivity index (χ3v) is 29.0. The number of amides is 14. The maximum atomic E-state index is 15.2. The summed E-state index contributed by atoms with van der Waals surface area (Å²) in [4.78, 5) is 213. The maximum absolute atomic E-state index is 15.2. The van der Waals surface area contributed by atoms with Crippen LogP contribution in [0.4, 0.5) is 0 Å². The number of nitrogens with zero attached hydrogens (tertiary/aromatic N) is 5. The predicted octanol–water partition coefficient (Wildman–Crippen LogP) is -5.02. The molecular formula is C102H168N18O30. The van der Waals surface area contributed by atoms with Gasteiger partial charge in [-0.05, 0) is 137 Å². The summed E-state index contributed by atoms with van der Waals surface area (Å²) in [5.41, 5.74) is 16.9. The monoisotopic (exact) mass is 2130 g/mol. The summed E-state index contributed by atoms with van der Waals surface area (Å²) in [6.45, 7) is 11.6. The number of primary amides is 1. The van der Waals surface area contributed by atoms with Gasteiger partial charge in [-0.1, -0.05) is 156 Å². The Morgan fingerprint density at radius 3 is 1.58 bits per heavy atom. The van der Waals surface area contributed by atoms with Crippen LogP contribution in [0.1, 0.15) is 259 Å². The molecule has 48 heteroatoms. The van der Waals surface area contributed by atoms with E-state index >= 15 is 28.8 Å². The van der Waals surface area contributed by atoms with Gasteiger partial charge in [-0.3, -0.25) is 77.4 Å². The topological polar surface area (TPSA) is 786 Å². The number of aliphatic hydroxyl groups is 14. The Bertz CT molecular complexity index is 4670. The lowest BCUT2D eigenvalue weighted by Crippen LogP contribution is -2.65. The number of aromatic hydroxyl groups is 2. The van der Waals surface area contributed by atoms with Crippen molar-refractivity contribution >= 4 is 88.9 Å². The Morgan fingerprint density at radius 1 is 0.500 bits per heavy atom. The number of hydrogen-bond acceptors (Lipinski definition) is 34. The average Bonchev–Trinajstić information content (AvgIpc) is 1.64. The molecule has 0 spiro atoms. The van der Waals surface area contributed by atoms with Crippen LogP contribution in [0.3, 0.4) is 0 Å². The number of carbonyl (C=O) groups excluding carboxylic acids is 14. The maximum Gasteiger partial charge on any atom is 0.248 e. The fraction of sp³-hybridized carbons (Fsp3) is 0.735. The molecule has 150 heavy (non-hydrogen) atoms. The molecule has 5 heterocycles. The van der Waals surface area contributed by atoms with Crippen molar-refractivity contribution in [2.75, 3.05) is 52.4 Å². The number of phenols is 2. The highest BCUT2D eigenvalue weighted by Crippen LogP contribution is 2.32. The van der Waals surface area contributed by atoms with E-state index in [4.69, 9.17) is 17.2 Å². The van der Waals surface area contributed by atoms with Crippen molar-refractivity contribution in [1.29, 1.82) is 0 Å². The van der Waals surface area contributed by atoms with E-state index in [0.29, 0.717) is 54.3 Å². The average molecular weight is 2130 g/mol. The molecule has 5 aliphatic rings. The smallest absolute Gasteiger partial charge is 0.248 e. The number of aliphatic hydroxyl groups excluding tert-OH is 14. The van der Waals surface area contributed by atoms with Crippen molar-refractivity contribution in [3.63, 3.8) is 0 Å². The van der Waals surface area contributed by atoms with Crippen LogP contribution in [0, 0.1) is 23.7 Å². The number of nitrogens with one attached hydrogen (secondary N) is 10. The first-order valence-electron chi connectivity index (χ1n) is 53.0. The van der Waals surface area contributed by atoms with Crippen molar-refractivity contribution in [3.8, 4) is 11.5 Å². The molecule has 846 valence electrons. The molecule has 0 radical (unpaired) electrons. The predicted molar refractivity (Wildman–Crippen MR) is 545 cm³/mol. The summed E-state index contributed by atoms with van der Waals surface area (Å²) in [7, 11) is 0. The third kappa shape index (κ3) is 38.1. The SMILES string of the molecule is CC[C@H](C)C[C@H](C)CCCCCCCCC(=O)N[C@H]1C[C@@H](O)[C@@H](NCCN=C[C@@H](O)C[C@@H](NC(=O)CCCCCCCC[C@@H](C)C[C@@H](C)CC)C(=O)N[C@H](C(=O)N2C[C@H](O)C[C@H]2C(=O)N[C@H](C(=O)N[C@H](C(=O)N2CC[C@H](O)[C@H]2C(N)=O)[C@H](O)CCN)[C@H](O)[C@@H](O)c2ccc(O)cc2)[C@@H](C)O)NC(=O)[C@@H]2[C@@H](O)CCN2C(=O)[C@H]([C@H](O)CCN)NC(=O)[C@H]([C@H](O)[C@@H](O)c2ccc(O)cc2)NC(=O)[C@@H]2C[C@@H](O)CN2C(=O)[C@H]([C@@H](C)O)NC1=O. The van der Waals surface area contributed by atoms with Crippen LogP contribution in [0.2, 0.25) is 0 Å². The molecule has 0 aromatic heterocycles. The van der Waals surface area contributed by atoms with Gasteiger partial charge in [-0.2, -0.15) is 0 Å². The van der Waals surface area contributed by atoms with Crippen LogP contribution >= 0.6 is 0 Å². The van der Waals surface area contributed by atoms with E-state index < -0.39 is 318 Å². The lowest BCUT2D eigenvalue weighted by molar-refractivity contribution is -0.148. The zero-order chi connectivity index (χ0) is 111. The van der Waals surface area contributed by atoms with E-state index in [1.807, 2.05) is 0 Å². The summed E-state index contributed by atoms with van der Waals surface area (Å²) in [5.74, 6) is -15.3. The second kappa shape index (κ2) is 62.7. The van der Waals surface area contributed by atoms with Crippen molar-refractivity contribution in [3.05, 3.63) is 59.7 Å². The Balaban J connectivity index is 1.21. The Morgan fingerprint density at radius 2 is 1.02 bits per heavy atom. The minimum atomic E-state index is -2.42. The zero-order valence-electron chi connectivity index (χ0n) is 87.4. The number of fused-ring (bicyclic) bond motifs is 2. The number of carbonyl (C=O) groups is 14. The van der Waals surface area contributed by atoms with Gasteiger partial charge in [0.05, 0.1) is 67.6 Å². The standard InChI is InChI=1S/C102H168N18O30/c1-9-54(3)45-56(5)23-19-15-11-13-17-21-25-76(133)108-67(92(140)110-78(58(7)121)99(147)119-52-65(126)48-69(119)94(142)114-82(88(137)86(135)60-27-31-62(123)32-28-60)96(144)112-80(71(128)35-39-103)101(149)117-43-37-73(130)84(117)90(105)139)47-64(125)51-106-41-42-107-91-75(132)50-68(109-77(134)26-22-18-14-12-16-20-24-57(6)46-55(4)10-2)93(141)111-79(59(8)122)100(148)120-53-66(127)49-70(120)95(143)115-83(89(138)87(136)61-29-33-63(124)34-30-61)97(145)113-81(72(129)36-40-104)102(150)118-44-38-74(131)85(118)98(146)116-91/h27-34,51,54-59,64-75,78-89,91,107,121-132,135-138H,9-26,35-50,52-53,103-104H2,1-8H3,(H2,105,139)(H,108,133)(H,109,134)(H,110,140)(H,111,141)(H,112,144)(H,113,145)(H,114,142)(H,115,143)(H,116,146)/t54-,55-,56+,57+,58+,59+,64-,65+,66+,67+,68-,69-,70-,71+,72+,73-,74-,75+,78-,79-,80-,81-,82-,83-,84-,85-,86-,87-,88-,89-,91-/m0/s1. The summed E-state index contributed by atoms with van der Waals surface area (Å²) in [6.07, 6.45) is -17.2. The van der Waals surface area contributed by atoms with E-state index in [9.17, 15) is 120 Å². The number of nitrogens with two attached hydrogens (primary N) is 3. The number of benzene rings is 2. The molecule has 5 fully saturated rings. The van der Waals surface area contributed by atoms with Gasteiger partial charge in [-0.25, -0.2) is 0 Å². The van der Waals surface area contributed by atoms with Crippen molar-refractivity contribution < 1.29 is 149 Å². The van der Waals surface area contributed by atoms with Crippen LogP contribution in [0.15, 0.2) is 53.5 Å². The number of aliphatic imine (C=N–C) groups is 1. The highest BCUT2D eigenvalue weighted by atomic mass is 16.3. The highest BCUT2D eigenvalue weighted by molar-refractivity contribution is 6.01. The fourth-order valence-corrected chi connectivity index (χ4v) is 19.9. The first kappa shape index (κ1) is 127. The molecule has 0 saturated carbocycles. The van der Waals surface area contributed by atoms with Crippen LogP contribution in [-0.2, 0) is 67.1 Å². The summed E-state index contributed by atoms with van der Waals surface area (Å²) in [6, 6.07) is -15.2. The van der Waals surface area contributed by atoms with Crippen LogP contribution in [-0.4, -0.2) is 394 Å². The molecule has 31 atom stereocenters. The largest absolute Gasteiger partial charge is 0.508 e. The van der Waals surface area contributed by atoms with Gasteiger partial charge in [0.1, 0.15) is 115 Å². The molecule has 5 aliphatic heterocycles. The number of rotatable bonds is 56. The normalized spacial score (nSPS) is 25.8. The van der Waals surface area contributed by atoms with Crippen molar-refractivity contribution in [1.82, 2.24) is 72.8 Å². The Kier molecular flexibility index (Phi) is 52.9. The molecule has 48 nitrogen and oxygen atoms in total. The van der Waals surface area contributed by atoms with Crippen molar-refractivity contribution in [2.24, 2.45) is 45.9 Å². The molecule has 32 N–H and O–H groups in total. The molecule has 7 rings (SSSR count). The number of β-amino-alcohol motifs (C(OH)–C–C–N with tert-alkyl or cyclic N) is 1. The van der Waals surface area contributed by atoms with Gasteiger partial charge in [-0.15, -0.1) is 0 Å². The van der Waals surface area contributed by atoms with Crippen LogP contribution < -0.4 is 70.4 Å². The van der Waals surface area contributed by atoms with E-state index in [1.54, 1.807) is 0 Å². The minimum Gasteiger partial charge on any atom is -0.508 e. The summed E-state index contributed by atoms with van der Waals surface area (Å²) in [5, 5.41) is 208. The van der Waals surface area contributed by atoms with Gasteiger partial charge in [0.25, 0.3) is 0 Å². The lowest BCUT2D eigenvalue weighted by atomic mass is 9.91. The molecule has 0 bridgehead atoms. The van der Waals surface area contributed by atoms with E-state index in [0.717, 1.165) is 173 Å². The Hall–Kier alpha value is -10.4. The van der Waals surface area contributed by atoms with E-state index in [1.165, 1.54) is 0 Å². The molecule has 0 unspecified atom stereocenters. The highest BCUT2D eigenvalue weighted by Gasteiger charge is 2.53. The number of likely N-dealkylation sites (tertiary alicyclic amines) is 2. The Labute approximate surface area is 875 Å². The molecular weight excluding hydrogens is 1960 g/mol. The third-order valence-electron chi connectivity index (χ3n) is 29.0. The van der Waals surface area contributed by atoms with E-state index in [-0.39, 0.29) is 67.9 Å². The van der Waals surface area contributed by atoms with Crippen molar-refractivity contribution in [2.45, 2.75) is 399 Å². The van der Waals surface area contributed by atoms with Gasteiger partial charge in [0.2, 0.25) is 82.7 Å². The molecule has 2 aromatic rings. The molecule has 14 amide bonds. The number of unbranched alkanes of at least 4 members (excludes halogenated alkanes) is 10. The molecule has 2 aromatic carbocycles. The number of phenolic OH excluding ortho intramolecular Hbond substituents is 2. The molecule has 5 saturated heterocycles. The second-order valence-corrected chi connectivity index (χ2v) is 41.5. The van der Waals surface area contributed by atoms with Gasteiger partial charge >= 0.3 is 0 Å². The quantitative estimate of drug-likeness (QED) is 0.0218. The zero-order valence-corrected chi connectivity index (χ0v) is 87.4. The first-order valence-corrected chi connectivity index (χ1v) is 53.0. The second-order valence-electron chi connectivity index (χ2n) is 41.5. The summed E-state index contributed by atoms with van der Waals surface area (Å²) >= 11 is 0. The fourth-order valence-electron chi connectivity index (χ4n) is 19.9. The van der Waals surface area contributed by atoms with Gasteiger partial charge in [0, 0.05) is 77.5 Å². The minimum absolute atomic E-state index is 0.145. The first-order chi connectivity index (χ1) is 71.1. The lowest BCUT2D eigenvalue weighted by Gasteiger charge is -2.35. The van der Waals surface area contributed by atoms with Crippen LogP contribution in [0.5, 0.6) is 11.5 Å². The number of hydrogen-bond donors (Lipinski definition) is 29. The molecule has 0 aliphatic carbocycles.